The molecule has 0 saturated carbocycles. The van der Waals surface area contributed by atoms with Gasteiger partial charge in [-0.05, 0) is 30.3 Å². The largest absolute Gasteiger partial charge is 0.497 e. The number of benzene rings is 1. The number of aromatic nitrogens is 3. The van der Waals surface area contributed by atoms with Gasteiger partial charge in [-0.2, -0.15) is 13.2 Å². The third-order valence-electron chi connectivity index (χ3n) is 4.23. The van der Waals surface area contributed by atoms with E-state index < -0.39 is 18.0 Å². The number of rotatable bonds is 7. The number of methoxy groups -OCH3 is 2. The van der Waals surface area contributed by atoms with Crippen molar-refractivity contribution in [2.45, 2.75) is 12.3 Å². The Bertz CT molecular complexity index is 1000. The second kappa shape index (κ2) is 8.95. The molecule has 0 amide bonds. The molecule has 7 nitrogen and oxygen atoms in total. The second-order valence-corrected chi connectivity index (χ2v) is 6.20. The predicted octanol–water partition coefficient (Wildman–Crippen LogP) is 3.72. The van der Waals surface area contributed by atoms with E-state index in [1.54, 1.807) is 18.2 Å². The molecular formula is C20H19F3N4O3. The summed E-state index contributed by atoms with van der Waals surface area (Å²) in [7, 11) is 2.93. The first-order chi connectivity index (χ1) is 14.3. The monoisotopic (exact) mass is 420 g/mol. The van der Waals surface area contributed by atoms with Crippen molar-refractivity contribution < 1.29 is 27.8 Å². The summed E-state index contributed by atoms with van der Waals surface area (Å²) in [6.07, 6.45) is -2.88. The van der Waals surface area contributed by atoms with Crippen molar-refractivity contribution in [1.82, 2.24) is 15.0 Å². The molecule has 30 heavy (non-hydrogen) atoms. The zero-order valence-corrected chi connectivity index (χ0v) is 16.1. The van der Waals surface area contributed by atoms with Crippen LogP contribution in [0, 0.1) is 0 Å². The van der Waals surface area contributed by atoms with Crippen LogP contribution in [0.1, 0.15) is 17.4 Å². The number of hydrogen-bond donors (Lipinski definition) is 2. The molecule has 0 aliphatic heterocycles. The zero-order valence-electron chi connectivity index (χ0n) is 16.1. The van der Waals surface area contributed by atoms with E-state index in [1.807, 2.05) is 0 Å². The van der Waals surface area contributed by atoms with Gasteiger partial charge in [0.2, 0.25) is 0 Å². The smallest absolute Gasteiger partial charge is 0.433 e. The van der Waals surface area contributed by atoms with Crippen LogP contribution in [0.3, 0.4) is 0 Å². The topological polar surface area (TPSA) is 89.4 Å². The van der Waals surface area contributed by atoms with Gasteiger partial charge in [0.05, 0.1) is 20.3 Å². The minimum absolute atomic E-state index is 0.0787. The van der Waals surface area contributed by atoms with Crippen LogP contribution in [-0.2, 0) is 6.18 Å². The van der Waals surface area contributed by atoms with E-state index in [0.29, 0.717) is 22.6 Å². The lowest BCUT2D eigenvalue weighted by Crippen LogP contribution is -2.16. The first kappa shape index (κ1) is 21.3. The molecule has 2 N–H and O–H groups in total. The fourth-order valence-electron chi connectivity index (χ4n) is 2.72. The number of ether oxygens (including phenoxy) is 2. The van der Waals surface area contributed by atoms with Crippen LogP contribution in [0.15, 0.2) is 48.8 Å². The van der Waals surface area contributed by atoms with Gasteiger partial charge in [-0.25, -0.2) is 9.97 Å². The minimum Gasteiger partial charge on any atom is -0.497 e. The number of hydrogen-bond acceptors (Lipinski definition) is 7. The van der Waals surface area contributed by atoms with Crippen molar-refractivity contribution in [2.75, 3.05) is 26.1 Å². The molecule has 3 rings (SSSR count). The van der Waals surface area contributed by atoms with E-state index in [4.69, 9.17) is 9.47 Å². The molecule has 0 spiro atoms. The van der Waals surface area contributed by atoms with Crippen molar-refractivity contribution in [1.29, 1.82) is 0 Å². The van der Waals surface area contributed by atoms with Gasteiger partial charge in [-0.15, -0.1) is 0 Å². The first-order valence-electron chi connectivity index (χ1n) is 8.82. The summed E-state index contributed by atoms with van der Waals surface area (Å²) in [5, 5.41) is 13.3. The highest BCUT2D eigenvalue weighted by molar-refractivity contribution is 5.57. The Morgan fingerprint density at radius 1 is 1.03 bits per heavy atom. The highest BCUT2D eigenvalue weighted by atomic mass is 19.4. The number of pyridine rings is 1. The summed E-state index contributed by atoms with van der Waals surface area (Å²) >= 11 is 0. The SMILES string of the molecule is COc1ccc(OC)c(C(O)CNc2cc(C(F)(F)F)nc(-c3ccncc3)n2)c1. The van der Waals surface area contributed by atoms with Crippen LogP contribution in [0.4, 0.5) is 19.0 Å². The number of alkyl halides is 3. The Morgan fingerprint density at radius 3 is 2.40 bits per heavy atom. The molecule has 0 saturated heterocycles. The van der Waals surface area contributed by atoms with E-state index in [2.05, 4.69) is 20.3 Å². The first-order valence-corrected chi connectivity index (χ1v) is 8.82. The minimum atomic E-state index is -4.66. The van der Waals surface area contributed by atoms with Gasteiger partial charge >= 0.3 is 6.18 Å². The molecule has 1 atom stereocenters. The second-order valence-electron chi connectivity index (χ2n) is 6.20. The maximum Gasteiger partial charge on any atom is 0.433 e. The van der Waals surface area contributed by atoms with Gasteiger partial charge in [0.25, 0.3) is 0 Å². The molecule has 2 heterocycles. The van der Waals surface area contributed by atoms with Crippen molar-refractivity contribution >= 4 is 5.82 Å². The summed E-state index contributed by atoms with van der Waals surface area (Å²) in [5.41, 5.74) is -0.293. The van der Waals surface area contributed by atoms with Crippen molar-refractivity contribution in [3.8, 4) is 22.9 Å². The maximum absolute atomic E-state index is 13.3. The van der Waals surface area contributed by atoms with Crippen molar-refractivity contribution in [3.05, 3.63) is 60.0 Å². The Labute approximate surface area is 170 Å². The van der Waals surface area contributed by atoms with E-state index in [-0.39, 0.29) is 18.2 Å². The molecule has 158 valence electrons. The van der Waals surface area contributed by atoms with Crippen molar-refractivity contribution in [2.24, 2.45) is 0 Å². The van der Waals surface area contributed by atoms with Crippen LogP contribution in [0.2, 0.25) is 0 Å². The Morgan fingerprint density at radius 2 is 1.77 bits per heavy atom. The van der Waals surface area contributed by atoms with Crippen LogP contribution in [0.25, 0.3) is 11.4 Å². The number of halogens is 3. The number of aliphatic hydroxyl groups excluding tert-OH is 1. The quantitative estimate of drug-likeness (QED) is 0.602. The average molecular weight is 420 g/mol. The van der Waals surface area contributed by atoms with E-state index in [0.717, 1.165) is 6.07 Å². The summed E-state index contributed by atoms with van der Waals surface area (Å²) in [5.74, 6) is 0.737. The number of nitrogens with one attached hydrogen (secondary N) is 1. The van der Waals surface area contributed by atoms with Crippen LogP contribution in [-0.4, -0.2) is 40.8 Å². The molecule has 10 heteroatoms. The Hall–Kier alpha value is -3.40. The number of anilines is 1. The van der Waals surface area contributed by atoms with Gasteiger partial charge in [0, 0.05) is 36.1 Å². The van der Waals surface area contributed by atoms with Gasteiger partial charge < -0.3 is 19.9 Å². The molecule has 2 aromatic heterocycles. The van der Waals surface area contributed by atoms with Gasteiger partial charge in [0.15, 0.2) is 11.5 Å². The molecule has 0 radical (unpaired) electrons. The van der Waals surface area contributed by atoms with Crippen molar-refractivity contribution in [3.63, 3.8) is 0 Å². The lowest BCUT2D eigenvalue weighted by molar-refractivity contribution is -0.141. The lowest BCUT2D eigenvalue weighted by atomic mass is 10.1. The van der Waals surface area contributed by atoms with E-state index in [1.165, 1.54) is 38.7 Å². The Kier molecular flexibility index (Phi) is 6.36. The Balaban J connectivity index is 1.88. The molecule has 0 bridgehead atoms. The third kappa shape index (κ3) is 4.95. The molecule has 0 fully saturated rings. The molecule has 0 aliphatic carbocycles. The van der Waals surface area contributed by atoms with Gasteiger partial charge in [0.1, 0.15) is 17.3 Å². The lowest BCUT2D eigenvalue weighted by Gasteiger charge is -2.17. The predicted molar refractivity (Wildman–Crippen MR) is 103 cm³/mol. The molecule has 1 aromatic carbocycles. The fraction of sp³-hybridized carbons (Fsp3) is 0.250. The number of nitrogens with zero attached hydrogens (tertiary/aromatic N) is 3. The molecular weight excluding hydrogens is 401 g/mol. The van der Waals surface area contributed by atoms with E-state index in [9.17, 15) is 18.3 Å². The summed E-state index contributed by atoms with van der Waals surface area (Å²) in [6, 6.07) is 8.70. The van der Waals surface area contributed by atoms with Crippen LogP contribution in [0.5, 0.6) is 11.5 Å². The number of aliphatic hydroxyl groups is 1. The van der Waals surface area contributed by atoms with Crippen LogP contribution < -0.4 is 14.8 Å². The fourth-order valence-corrected chi connectivity index (χ4v) is 2.72. The normalized spacial score (nSPS) is 12.3. The summed E-state index contributed by atoms with van der Waals surface area (Å²) in [4.78, 5) is 11.6. The summed E-state index contributed by atoms with van der Waals surface area (Å²) < 4.78 is 50.3. The highest BCUT2D eigenvalue weighted by Crippen LogP contribution is 2.32. The van der Waals surface area contributed by atoms with E-state index >= 15 is 0 Å². The standard InChI is InChI=1S/C20H19F3N4O3/c1-29-13-3-4-16(30-2)14(9-13)15(28)11-25-18-10-17(20(21,22)23)26-19(27-18)12-5-7-24-8-6-12/h3-10,15,28H,11H2,1-2H3,(H,25,26,27). The highest BCUT2D eigenvalue weighted by Gasteiger charge is 2.34. The summed E-state index contributed by atoms with van der Waals surface area (Å²) in [6.45, 7) is -0.117. The van der Waals surface area contributed by atoms with Gasteiger partial charge in [-0.1, -0.05) is 0 Å². The molecule has 0 aliphatic rings. The molecule has 3 aromatic rings. The molecule has 1 unspecified atom stereocenters. The maximum atomic E-state index is 13.3. The van der Waals surface area contributed by atoms with Crippen LogP contribution >= 0.6 is 0 Å². The third-order valence-corrected chi connectivity index (χ3v) is 4.23. The zero-order chi connectivity index (χ0) is 21.7. The average Bonchev–Trinajstić information content (AvgIpc) is 2.76. The van der Waals surface area contributed by atoms with Gasteiger partial charge in [-0.3, -0.25) is 4.98 Å².